The highest BCUT2D eigenvalue weighted by molar-refractivity contribution is 6.01. The maximum absolute atomic E-state index is 2.40. The molecule has 26 heavy (non-hydrogen) atoms. The molecule has 0 unspecified atom stereocenters. The zero-order chi connectivity index (χ0) is 18.3. The van der Waals surface area contributed by atoms with Crippen LogP contribution in [0.25, 0.3) is 32.7 Å². The molecule has 0 aliphatic heterocycles. The van der Waals surface area contributed by atoms with Crippen molar-refractivity contribution in [1.82, 2.24) is 0 Å². The Kier molecular flexibility index (Phi) is 4.28. The molecule has 4 rings (SSSR count). The molecule has 0 aliphatic carbocycles. The molecular weight excluding hydrogens is 312 g/mol. The van der Waals surface area contributed by atoms with Gasteiger partial charge in [0.1, 0.15) is 0 Å². The van der Waals surface area contributed by atoms with E-state index in [1.54, 1.807) is 0 Å². The molecule has 0 atom stereocenters. The molecule has 0 amide bonds. The molecule has 0 saturated carbocycles. The Morgan fingerprint density at radius 1 is 0.500 bits per heavy atom. The molecule has 4 aromatic rings. The summed E-state index contributed by atoms with van der Waals surface area (Å²) in [7, 11) is 0. The van der Waals surface area contributed by atoms with Gasteiger partial charge in [-0.2, -0.15) is 0 Å². The number of rotatable bonds is 3. The lowest BCUT2D eigenvalue weighted by Gasteiger charge is -2.24. The zero-order valence-electron chi connectivity index (χ0n) is 16.1. The van der Waals surface area contributed by atoms with Gasteiger partial charge in [-0.3, -0.25) is 0 Å². The van der Waals surface area contributed by atoms with Crippen molar-refractivity contribution in [2.24, 2.45) is 0 Å². The van der Waals surface area contributed by atoms with Crippen LogP contribution in [-0.2, 0) is 0 Å². The van der Waals surface area contributed by atoms with Crippen molar-refractivity contribution >= 4 is 21.5 Å². The lowest BCUT2D eigenvalue weighted by molar-refractivity contribution is 0.800. The van der Waals surface area contributed by atoms with Crippen molar-refractivity contribution < 1.29 is 0 Å². The summed E-state index contributed by atoms with van der Waals surface area (Å²) in [5.41, 5.74) is 5.73. The Hall–Kier alpha value is -2.60. The summed E-state index contributed by atoms with van der Waals surface area (Å²) in [6, 6.07) is 26.6. The summed E-state index contributed by atoms with van der Waals surface area (Å²) in [6.07, 6.45) is 0. The third-order valence-electron chi connectivity index (χ3n) is 5.37. The van der Waals surface area contributed by atoms with Gasteiger partial charge in [0, 0.05) is 0 Å². The van der Waals surface area contributed by atoms with Crippen molar-refractivity contribution in [1.29, 1.82) is 0 Å². The Labute approximate surface area is 156 Å². The maximum Gasteiger partial charge on any atom is -0.0102 e. The molecule has 0 spiro atoms. The monoisotopic (exact) mass is 338 g/mol. The molecule has 0 heteroatoms. The standard InChI is InChI=1S/C26H26/c1-17(2)25-22-14-8-6-11-20(22)16-24(26(25)18(3)4)23-15-9-12-19-10-5-7-13-21(19)23/h5-18H,1-4H3. The van der Waals surface area contributed by atoms with Crippen LogP contribution in [0.5, 0.6) is 0 Å². The van der Waals surface area contributed by atoms with E-state index in [4.69, 9.17) is 0 Å². The van der Waals surface area contributed by atoms with Gasteiger partial charge >= 0.3 is 0 Å². The SMILES string of the molecule is CC(C)c1c(-c2cccc3ccccc23)cc2ccccc2c1C(C)C. The van der Waals surface area contributed by atoms with Gasteiger partial charge in [-0.05, 0) is 61.7 Å². The molecule has 0 saturated heterocycles. The fourth-order valence-electron chi connectivity index (χ4n) is 4.32. The maximum atomic E-state index is 2.40. The summed E-state index contributed by atoms with van der Waals surface area (Å²) in [5.74, 6) is 0.971. The number of hydrogen-bond acceptors (Lipinski definition) is 0. The summed E-state index contributed by atoms with van der Waals surface area (Å²) in [4.78, 5) is 0. The van der Waals surface area contributed by atoms with Crippen LogP contribution in [0.4, 0.5) is 0 Å². The summed E-state index contributed by atoms with van der Waals surface area (Å²) >= 11 is 0. The number of fused-ring (bicyclic) bond motifs is 2. The van der Waals surface area contributed by atoms with E-state index < -0.39 is 0 Å². The Morgan fingerprint density at radius 3 is 1.77 bits per heavy atom. The summed E-state index contributed by atoms with van der Waals surface area (Å²) in [5, 5.41) is 5.37. The van der Waals surface area contributed by atoms with E-state index in [1.165, 1.54) is 43.8 Å². The minimum absolute atomic E-state index is 0.478. The quantitative estimate of drug-likeness (QED) is 0.356. The first-order chi connectivity index (χ1) is 12.6. The van der Waals surface area contributed by atoms with Gasteiger partial charge in [-0.1, -0.05) is 94.4 Å². The topological polar surface area (TPSA) is 0 Å². The minimum Gasteiger partial charge on any atom is -0.0616 e. The van der Waals surface area contributed by atoms with Gasteiger partial charge in [0.05, 0.1) is 0 Å². The van der Waals surface area contributed by atoms with E-state index in [1.807, 2.05) is 0 Å². The molecule has 0 bridgehead atoms. The molecule has 0 fully saturated rings. The Balaban J connectivity index is 2.17. The first-order valence-electron chi connectivity index (χ1n) is 9.61. The van der Waals surface area contributed by atoms with Crippen LogP contribution in [0.3, 0.4) is 0 Å². The van der Waals surface area contributed by atoms with E-state index >= 15 is 0 Å². The lowest BCUT2D eigenvalue weighted by Crippen LogP contribution is -2.03. The first-order valence-corrected chi connectivity index (χ1v) is 9.61. The van der Waals surface area contributed by atoms with Crippen molar-refractivity contribution in [3.05, 3.63) is 83.9 Å². The van der Waals surface area contributed by atoms with E-state index in [2.05, 4.69) is 100 Å². The average Bonchev–Trinajstić information content (AvgIpc) is 2.65. The molecule has 0 radical (unpaired) electrons. The van der Waals surface area contributed by atoms with E-state index in [0.29, 0.717) is 11.8 Å². The smallest absolute Gasteiger partial charge is 0.0102 e. The number of hydrogen-bond donors (Lipinski definition) is 0. The predicted molar refractivity (Wildman–Crippen MR) is 115 cm³/mol. The lowest BCUT2D eigenvalue weighted by atomic mass is 9.80. The normalized spacial score (nSPS) is 11.8. The molecular formula is C26H26. The highest BCUT2D eigenvalue weighted by Gasteiger charge is 2.20. The van der Waals surface area contributed by atoms with Crippen molar-refractivity contribution in [2.75, 3.05) is 0 Å². The Bertz CT molecular complexity index is 1080. The molecule has 0 N–H and O–H groups in total. The summed E-state index contributed by atoms with van der Waals surface area (Å²) < 4.78 is 0. The van der Waals surface area contributed by atoms with Gasteiger partial charge < -0.3 is 0 Å². The number of benzene rings is 4. The zero-order valence-corrected chi connectivity index (χ0v) is 16.1. The molecule has 0 nitrogen and oxygen atoms in total. The fourth-order valence-corrected chi connectivity index (χ4v) is 4.32. The van der Waals surface area contributed by atoms with Gasteiger partial charge in [0.2, 0.25) is 0 Å². The fraction of sp³-hybridized carbons (Fsp3) is 0.231. The second-order valence-corrected chi connectivity index (χ2v) is 7.81. The van der Waals surface area contributed by atoms with Crippen LogP contribution >= 0.6 is 0 Å². The van der Waals surface area contributed by atoms with E-state index in [-0.39, 0.29) is 0 Å². The van der Waals surface area contributed by atoms with E-state index in [9.17, 15) is 0 Å². The molecule has 4 aromatic carbocycles. The molecule has 0 aliphatic rings. The van der Waals surface area contributed by atoms with Gasteiger partial charge in [0.25, 0.3) is 0 Å². The highest BCUT2D eigenvalue weighted by Crippen LogP contribution is 2.42. The van der Waals surface area contributed by atoms with Gasteiger partial charge in [0.15, 0.2) is 0 Å². The first kappa shape index (κ1) is 16.8. The second kappa shape index (κ2) is 6.61. The predicted octanol–water partition coefficient (Wildman–Crippen LogP) is 7.91. The molecule has 0 aromatic heterocycles. The second-order valence-electron chi connectivity index (χ2n) is 7.81. The average molecular weight is 338 g/mol. The largest absolute Gasteiger partial charge is 0.0616 e. The van der Waals surface area contributed by atoms with Crippen LogP contribution in [0, 0.1) is 0 Å². The highest BCUT2D eigenvalue weighted by atomic mass is 14.2. The molecule has 0 heterocycles. The molecule has 130 valence electrons. The van der Waals surface area contributed by atoms with Crippen LogP contribution in [0.15, 0.2) is 72.8 Å². The van der Waals surface area contributed by atoms with Gasteiger partial charge in [-0.15, -0.1) is 0 Å². The van der Waals surface area contributed by atoms with Crippen LogP contribution in [0.1, 0.15) is 50.7 Å². The summed E-state index contributed by atoms with van der Waals surface area (Å²) in [6.45, 7) is 9.29. The Morgan fingerprint density at radius 2 is 1.08 bits per heavy atom. The van der Waals surface area contributed by atoms with Crippen LogP contribution in [-0.4, -0.2) is 0 Å². The van der Waals surface area contributed by atoms with E-state index in [0.717, 1.165) is 0 Å². The van der Waals surface area contributed by atoms with Crippen molar-refractivity contribution in [3.8, 4) is 11.1 Å². The van der Waals surface area contributed by atoms with Gasteiger partial charge in [-0.25, -0.2) is 0 Å². The third kappa shape index (κ3) is 2.70. The third-order valence-corrected chi connectivity index (χ3v) is 5.37. The van der Waals surface area contributed by atoms with Crippen LogP contribution < -0.4 is 0 Å². The van der Waals surface area contributed by atoms with Crippen molar-refractivity contribution in [2.45, 2.75) is 39.5 Å². The van der Waals surface area contributed by atoms with Crippen molar-refractivity contribution in [3.63, 3.8) is 0 Å². The van der Waals surface area contributed by atoms with Crippen LogP contribution in [0.2, 0.25) is 0 Å². The minimum atomic E-state index is 0.478.